The van der Waals surface area contributed by atoms with Crippen molar-refractivity contribution >= 4 is 11.6 Å². The fourth-order valence-corrected chi connectivity index (χ4v) is 2.39. The molecule has 0 radical (unpaired) electrons. The van der Waals surface area contributed by atoms with Crippen LogP contribution in [0.2, 0.25) is 0 Å². The Morgan fingerprint density at radius 3 is 2.86 bits per heavy atom. The zero-order chi connectivity index (χ0) is 15.5. The second-order valence-electron chi connectivity index (χ2n) is 5.14. The van der Waals surface area contributed by atoms with Gasteiger partial charge in [-0.15, -0.1) is 13.2 Å². The Hall–Kier alpha value is -1.76. The molecule has 1 aliphatic rings. The number of carbonyl (C=O) groups is 1. The first-order chi connectivity index (χ1) is 9.83. The number of benzene rings is 1. The number of rotatable bonds is 3. The van der Waals surface area contributed by atoms with E-state index >= 15 is 0 Å². The number of hydrogen-bond acceptors (Lipinski definition) is 3. The molecule has 0 bridgehead atoms. The number of halogens is 3. The number of nitrogens with one attached hydrogen (secondary N) is 2. The van der Waals surface area contributed by atoms with Crippen molar-refractivity contribution in [3.63, 3.8) is 0 Å². The zero-order valence-corrected chi connectivity index (χ0v) is 11.5. The Morgan fingerprint density at radius 1 is 1.43 bits per heavy atom. The number of anilines is 1. The van der Waals surface area contributed by atoms with Crippen LogP contribution in [0.15, 0.2) is 24.3 Å². The van der Waals surface area contributed by atoms with E-state index in [0.717, 1.165) is 19.0 Å². The van der Waals surface area contributed by atoms with E-state index in [9.17, 15) is 18.0 Å². The highest BCUT2D eigenvalue weighted by atomic mass is 19.4. The molecule has 0 unspecified atom stereocenters. The molecule has 4 nitrogen and oxygen atoms in total. The van der Waals surface area contributed by atoms with E-state index in [1.54, 1.807) is 0 Å². The molecule has 1 aromatic rings. The van der Waals surface area contributed by atoms with Crippen molar-refractivity contribution in [3.8, 4) is 5.75 Å². The highest BCUT2D eigenvalue weighted by molar-refractivity contribution is 5.92. The van der Waals surface area contributed by atoms with Crippen molar-refractivity contribution in [2.45, 2.75) is 32.2 Å². The van der Waals surface area contributed by atoms with Crippen LogP contribution in [0.5, 0.6) is 5.75 Å². The van der Waals surface area contributed by atoms with E-state index in [1.807, 2.05) is 6.92 Å². The zero-order valence-electron chi connectivity index (χ0n) is 11.5. The number of carbonyl (C=O) groups excluding carboxylic acids is 1. The first kappa shape index (κ1) is 15.6. The first-order valence-corrected chi connectivity index (χ1v) is 6.73. The van der Waals surface area contributed by atoms with Gasteiger partial charge in [-0.2, -0.15) is 0 Å². The van der Waals surface area contributed by atoms with Crippen LogP contribution in [-0.4, -0.2) is 24.9 Å². The predicted octanol–water partition coefficient (Wildman–Crippen LogP) is 2.91. The third kappa shape index (κ3) is 4.93. The van der Waals surface area contributed by atoms with Crippen LogP contribution in [0, 0.1) is 5.92 Å². The summed E-state index contributed by atoms with van der Waals surface area (Å²) in [6.07, 6.45) is -3.31. The molecule has 21 heavy (non-hydrogen) atoms. The van der Waals surface area contributed by atoms with E-state index in [0.29, 0.717) is 12.1 Å². The molecule has 0 aliphatic carbocycles. The van der Waals surface area contributed by atoms with Gasteiger partial charge in [-0.3, -0.25) is 4.79 Å². The fraction of sp³-hybridized carbons (Fsp3) is 0.500. The maximum atomic E-state index is 12.2. The van der Waals surface area contributed by atoms with Crippen molar-refractivity contribution in [3.05, 3.63) is 24.3 Å². The third-order valence-corrected chi connectivity index (χ3v) is 3.33. The number of amides is 1. The summed E-state index contributed by atoms with van der Waals surface area (Å²) in [6, 6.07) is 5.55. The quantitative estimate of drug-likeness (QED) is 0.902. The highest BCUT2D eigenvalue weighted by Gasteiger charge is 2.31. The summed E-state index contributed by atoms with van der Waals surface area (Å²) >= 11 is 0. The summed E-state index contributed by atoms with van der Waals surface area (Å²) in [6.45, 7) is 2.76. The van der Waals surface area contributed by atoms with E-state index in [1.165, 1.54) is 18.2 Å². The van der Waals surface area contributed by atoms with Gasteiger partial charge >= 0.3 is 6.36 Å². The Labute approximate surface area is 120 Å². The van der Waals surface area contributed by atoms with Crippen LogP contribution in [-0.2, 0) is 4.79 Å². The van der Waals surface area contributed by atoms with E-state index < -0.39 is 6.36 Å². The van der Waals surface area contributed by atoms with Crippen LogP contribution in [0.25, 0.3) is 0 Å². The SMILES string of the molecule is C[C@H]1C[C@@H](C(=O)Nc2cccc(OC(F)(F)F)c2)CCN1. The van der Waals surface area contributed by atoms with Gasteiger partial charge in [0, 0.05) is 23.7 Å². The average molecular weight is 302 g/mol. The standard InChI is InChI=1S/C14H17F3N2O2/c1-9-7-10(5-6-18-9)13(20)19-11-3-2-4-12(8-11)21-14(15,16)17/h2-4,8-10,18H,5-7H2,1H3,(H,19,20)/t9-,10-/m0/s1. The van der Waals surface area contributed by atoms with Gasteiger partial charge in [-0.1, -0.05) is 6.07 Å². The second kappa shape index (κ2) is 6.34. The summed E-state index contributed by atoms with van der Waals surface area (Å²) < 4.78 is 40.3. The Kier molecular flexibility index (Phi) is 4.72. The lowest BCUT2D eigenvalue weighted by Gasteiger charge is -2.27. The lowest BCUT2D eigenvalue weighted by molar-refractivity contribution is -0.274. The molecule has 2 N–H and O–H groups in total. The van der Waals surface area contributed by atoms with Gasteiger partial charge in [0.05, 0.1) is 0 Å². The first-order valence-electron chi connectivity index (χ1n) is 6.73. The van der Waals surface area contributed by atoms with E-state index in [4.69, 9.17) is 0 Å². The van der Waals surface area contributed by atoms with Crippen LogP contribution >= 0.6 is 0 Å². The van der Waals surface area contributed by atoms with Crippen LogP contribution in [0.3, 0.4) is 0 Å². The summed E-state index contributed by atoms with van der Waals surface area (Å²) in [7, 11) is 0. The van der Waals surface area contributed by atoms with Crippen LogP contribution < -0.4 is 15.4 Å². The number of alkyl halides is 3. The van der Waals surface area contributed by atoms with Crippen molar-refractivity contribution in [2.75, 3.05) is 11.9 Å². The molecule has 1 aliphatic heterocycles. The van der Waals surface area contributed by atoms with Crippen molar-refractivity contribution in [1.82, 2.24) is 5.32 Å². The molecular formula is C14H17F3N2O2. The third-order valence-electron chi connectivity index (χ3n) is 3.33. The highest BCUT2D eigenvalue weighted by Crippen LogP contribution is 2.26. The van der Waals surface area contributed by atoms with E-state index in [-0.39, 0.29) is 23.6 Å². The smallest absolute Gasteiger partial charge is 0.406 e. The molecule has 2 atom stereocenters. The minimum absolute atomic E-state index is 0.131. The fourth-order valence-electron chi connectivity index (χ4n) is 2.39. The molecule has 1 fully saturated rings. The van der Waals surface area contributed by atoms with Crippen molar-refractivity contribution in [1.29, 1.82) is 0 Å². The lowest BCUT2D eigenvalue weighted by Crippen LogP contribution is -2.40. The van der Waals surface area contributed by atoms with Gasteiger partial charge in [0.25, 0.3) is 0 Å². The summed E-state index contributed by atoms with van der Waals surface area (Å²) in [5.74, 6) is -0.653. The monoisotopic (exact) mass is 302 g/mol. The summed E-state index contributed by atoms with van der Waals surface area (Å²) in [5.41, 5.74) is 0.299. The Balaban J connectivity index is 1.99. The maximum Gasteiger partial charge on any atom is 0.573 e. The molecule has 0 spiro atoms. The van der Waals surface area contributed by atoms with Gasteiger partial charge in [-0.25, -0.2) is 0 Å². The summed E-state index contributed by atoms with van der Waals surface area (Å²) in [5, 5.41) is 5.88. The van der Waals surface area contributed by atoms with Crippen LogP contribution in [0.1, 0.15) is 19.8 Å². The normalized spacial score (nSPS) is 22.7. The van der Waals surface area contributed by atoms with Gasteiger partial charge < -0.3 is 15.4 Å². The molecule has 1 heterocycles. The van der Waals surface area contributed by atoms with Gasteiger partial charge in [0.1, 0.15) is 5.75 Å². The van der Waals surface area contributed by atoms with Gasteiger partial charge in [0.2, 0.25) is 5.91 Å². The van der Waals surface area contributed by atoms with Crippen molar-refractivity contribution < 1.29 is 22.7 Å². The van der Waals surface area contributed by atoms with Gasteiger partial charge in [-0.05, 0) is 38.4 Å². The molecule has 1 amide bonds. The van der Waals surface area contributed by atoms with Crippen LogP contribution in [0.4, 0.5) is 18.9 Å². The number of piperidine rings is 1. The topological polar surface area (TPSA) is 50.4 Å². The molecule has 1 aromatic carbocycles. The molecule has 7 heteroatoms. The molecule has 2 rings (SSSR count). The minimum Gasteiger partial charge on any atom is -0.406 e. The second-order valence-corrected chi connectivity index (χ2v) is 5.14. The number of ether oxygens (including phenoxy) is 1. The Bertz CT molecular complexity index is 505. The molecule has 116 valence electrons. The average Bonchev–Trinajstić information content (AvgIpc) is 2.37. The molecule has 1 saturated heterocycles. The molecule has 0 saturated carbocycles. The Morgan fingerprint density at radius 2 is 2.19 bits per heavy atom. The van der Waals surface area contributed by atoms with Crippen molar-refractivity contribution in [2.24, 2.45) is 5.92 Å². The van der Waals surface area contributed by atoms with Gasteiger partial charge in [0.15, 0.2) is 0 Å². The maximum absolute atomic E-state index is 12.2. The largest absolute Gasteiger partial charge is 0.573 e. The van der Waals surface area contributed by atoms with E-state index in [2.05, 4.69) is 15.4 Å². The molecule has 0 aromatic heterocycles. The minimum atomic E-state index is -4.74. The number of hydrogen-bond donors (Lipinski definition) is 2. The summed E-state index contributed by atoms with van der Waals surface area (Å²) in [4.78, 5) is 12.1. The predicted molar refractivity (Wildman–Crippen MR) is 71.9 cm³/mol. The molecular weight excluding hydrogens is 285 g/mol. The lowest BCUT2D eigenvalue weighted by atomic mass is 9.92.